The van der Waals surface area contributed by atoms with Crippen molar-refractivity contribution in [2.75, 3.05) is 6.54 Å². The van der Waals surface area contributed by atoms with Gasteiger partial charge < -0.3 is 15.6 Å². The molecule has 21 heavy (non-hydrogen) atoms. The Bertz CT molecular complexity index is 498. The number of hydrogen-bond acceptors (Lipinski definition) is 4. The summed E-state index contributed by atoms with van der Waals surface area (Å²) >= 11 is 0. The molecule has 118 valence electrons. The number of rotatable bonds is 8. The number of nitrogens with two attached hydrogens (primary N) is 1. The van der Waals surface area contributed by atoms with E-state index >= 15 is 0 Å². The molecule has 0 aliphatic carbocycles. The van der Waals surface area contributed by atoms with Crippen LogP contribution in [0.1, 0.15) is 50.5 Å². The van der Waals surface area contributed by atoms with Crippen LogP contribution >= 0.6 is 0 Å². The minimum absolute atomic E-state index is 0.0695. The summed E-state index contributed by atoms with van der Waals surface area (Å²) < 4.78 is 1.63. The standard InChI is InChI=1S/C14H24N4O3/c1-4-7-17-9-11(18(20)21)8-12(17)13(19)16-14(5-2,6-3)10-15/h8-9H,4-7,10,15H2,1-3H3,(H,16,19). The lowest BCUT2D eigenvalue weighted by Crippen LogP contribution is -2.53. The van der Waals surface area contributed by atoms with Crippen LogP contribution in [0.15, 0.2) is 12.3 Å². The Kier molecular flexibility index (Phi) is 5.90. The van der Waals surface area contributed by atoms with Crippen molar-refractivity contribution in [1.82, 2.24) is 9.88 Å². The number of aromatic nitrogens is 1. The van der Waals surface area contributed by atoms with Crippen molar-refractivity contribution in [2.24, 2.45) is 5.73 Å². The quantitative estimate of drug-likeness (QED) is 0.566. The number of aryl methyl sites for hydroxylation is 1. The molecule has 0 aliphatic heterocycles. The van der Waals surface area contributed by atoms with Crippen molar-refractivity contribution < 1.29 is 9.72 Å². The molecular formula is C14H24N4O3. The van der Waals surface area contributed by atoms with Gasteiger partial charge in [0.2, 0.25) is 0 Å². The first-order valence-electron chi connectivity index (χ1n) is 7.30. The van der Waals surface area contributed by atoms with E-state index in [0.29, 0.717) is 31.6 Å². The van der Waals surface area contributed by atoms with Gasteiger partial charge in [-0.3, -0.25) is 14.9 Å². The zero-order chi connectivity index (χ0) is 16.0. The number of amides is 1. The Labute approximate surface area is 124 Å². The fraction of sp³-hybridized carbons (Fsp3) is 0.643. The first-order valence-corrected chi connectivity index (χ1v) is 7.30. The van der Waals surface area contributed by atoms with Crippen molar-refractivity contribution in [3.05, 3.63) is 28.1 Å². The second-order valence-electron chi connectivity index (χ2n) is 5.18. The summed E-state index contributed by atoms with van der Waals surface area (Å²) in [6, 6.07) is 1.32. The van der Waals surface area contributed by atoms with Crippen LogP contribution in [0.3, 0.4) is 0 Å². The highest BCUT2D eigenvalue weighted by atomic mass is 16.6. The van der Waals surface area contributed by atoms with Crippen LogP contribution in [-0.2, 0) is 6.54 Å². The van der Waals surface area contributed by atoms with Crippen LogP contribution < -0.4 is 11.1 Å². The van der Waals surface area contributed by atoms with E-state index in [1.54, 1.807) is 4.57 Å². The van der Waals surface area contributed by atoms with Crippen molar-refractivity contribution in [2.45, 2.75) is 52.1 Å². The molecule has 3 N–H and O–H groups in total. The Morgan fingerprint density at radius 2 is 2.05 bits per heavy atom. The number of carbonyl (C=O) groups is 1. The van der Waals surface area contributed by atoms with Crippen LogP contribution in [0.2, 0.25) is 0 Å². The number of hydrogen-bond donors (Lipinski definition) is 2. The molecule has 1 aromatic heterocycles. The molecular weight excluding hydrogens is 272 g/mol. The Balaban J connectivity index is 3.08. The average Bonchev–Trinajstić information content (AvgIpc) is 2.89. The molecule has 7 heteroatoms. The third-order valence-corrected chi connectivity index (χ3v) is 3.91. The summed E-state index contributed by atoms with van der Waals surface area (Å²) in [7, 11) is 0. The van der Waals surface area contributed by atoms with Crippen LogP contribution in [0.5, 0.6) is 0 Å². The molecule has 0 aromatic carbocycles. The molecule has 1 amide bonds. The predicted octanol–water partition coefficient (Wildman–Crippen LogP) is 2.05. The highest BCUT2D eigenvalue weighted by molar-refractivity contribution is 5.94. The summed E-state index contributed by atoms with van der Waals surface area (Å²) in [4.78, 5) is 22.9. The number of nitrogens with one attached hydrogen (secondary N) is 1. The second kappa shape index (κ2) is 7.21. The van der Waals surface area contributed by atoms with Crippen LogP contribution in [0.4, 0.5) is 5.69 Å². The molecule has 1 heterocycles. The molecule has 7 nitrogen and oxygen atoms in total. The van der Waals surface area contributed by atoms with E-state index in [9.17, 15) is 14.9 Å². The highest BCUT2D eigenvalue weighted by Gasteiger charge is 2.29. The van der Waals surface area contributed by atoms with E-state index in [1.165, 1.54) is 12.3 Å². The van der Waals surface area contributed by atoms with Gasteiger partial charge in [-0.2, -0.15) is 0 Å². The van der Waals surface area contributed by atoms with Crippen LogP contribution in [0.25, 0.3) is 0 Å². The fourth-order valence-corrected chi connectivity index (χ4v) is 2.28. The lowest BCUT2D eigenvalue weighted by Gasteiger charge is -2.31. The molecule has 0 spiro atoms. The van der Waals surface area contributed by atoms with Crippen molar-refractivity contribution in [3.8, 4) is 0 Å². The van der Waals surface area contributed by atoms with E-state index in [4.69, 9.17) is 5.73 Å². The number of nitro groups is 1. The van der Waals surface area contributed by atoms with Crippen molar-refractivity contribution >= 4 is 11.6 Å². The largest absolute Gasteiger partial charge is 0.344 e. The lowest BCUT2D eigenvalue weighted by atomic mass is 9.93. The molecule has 0 fully saturated rings. The van der Waals surface area contributed by atoms with Gasteiger partial charge in [0.05, 0.1) is 16.7 Å². The highest BCUT2D eigenvalue weighted by Crippen LogP contribution is 2.19. The first-order chi connectivity index (χ1) is 9.92. The number of nitrogens with zero attached hydrogens (tertiary/aromatic N) is 2. The monoisotopic (exact) mass is 296 g/mol. The van der Waals surface area contributed by atoms with Gasteiger partial charge in [0.1, 0.15) is 5.69 Å². The van der Waals surface area contributed by atoms with Crippen molar-refractivity contribution in [1.29, 1.82) is 0 Å². The molecule has 0 atom stereocenters. The Hall–Kier alpha value is -1.89. The molecule has 1 rings (SSSR count). The maximum atomic E-state index is 12.5. The van der Waals surface area contributed by atoms with E-state index in [2.05, 4.69) is 5.32 Å². The molecule has 0 saturated carbocycles. The van der Waals surface area contributed by atoms with Gasteiger partial charge in [0, 0.05) is 19.2 Å². The molecule has 0 bridgehead atoms. The smallest absolute Gasteiger partial charge is 0.287 e. The topological polar surface area (TPSA) is 103 Å². The maximum Gasteiger partial charge on any atom is 0.287 e. The van der Waals surface area contributed by atoms with E-state index < -0.39 is 10.5 Å². The normalized spacial score (nSPS) is 11.4. The van der Waals surface area contributed by atoms with Crippen LogP contribution in [-0.4, -0.2) is 27.5 Å². The molecule has 0 saturated heterocycles. The molecule has 0 radical (unpaired) electrons. The van der Waals surface area contributed by atoms with Gasteiger partial charge >= 0.3 is 0 Å². The van der Waals surface area contributed by atoms with Crippen molar-refractivity contribution in [3.63, 3.8) is 0 Å². The van der Waals surface area contributed by atoms with Gasteiger partial charge in [0.25, 0.3) is 11.6 Å². The lowest BCUT2D eigenvalue weighted by molar-refractivity contribution is -0.384. The zero-order valence-electron chi connectivity index (χ0n) is 12.9. The Morgan fingerprint density at radius 1 is 1.43 bits per heavy atom. The van der Waals surface area contributed by atoms with E-state index in [0.717, 1.165) is 6.42 Å². The van der Waals surface area contributed by atoms with Gasteiger partial charge in [-0.15, -0.1) is 0 Å². The second-order valence-corrected chi connectivity index (χ2v) is 5.18. The molecule has 0 aliphatic rings. The Morgan fingerprint density at radius 3 is 2.48 bits per heavy atom. The third-order valence-electron chi connectivity index (χ3n) is 3.91. The molecule has 1 aromatic rings. The fourth-order valence-electron chi connectivity index (χ4n) is 2.28. The SMILES string of the molecule is CCCn1cc([N+](=O)[O-])cc1C(=O)NC(CC)(CC)CN. The van der Waals surface area contributed by atoms with Gasteiger partial charge in [-0.05, 0) is 19.3 Å². The van der Waals surface area contributed by atoms with E-state index in [-0.39, 0.29) is 11.6 Å². The summed E-state index contributed by atoms with van der Waals surface area (Å²) in [5.74, 6) is -0.314. The third kappa shape index (κ3) is 3.81. The average molecular weight is 296 g/mol. The van der Waals surface area contributed by atoms with Gasteiger partial charge in [-0.1, -0.05) is 20.8 Å². The minimum Gasteiger partial charge on any atom is -0.344 e. The van der Waals surface area contributed by atoms with E-state index in [1.807, 2.05) is 20.8 Å². The van der Waals surface area contributed by atoms with Gasteiger partial charge in [0.15, 0.2) is 0 Å². The van der Waals surface area contributed by atoms with Gasteiger partial charge in [-0.25, -0.2) is 0 Å². The summed E-state index contributed by atoms with van der Waals surface area (Å²) in [5.41, 5.74) is 5.55. The predicted molar refractivity (Wildman–Crippen MR) is 81.2 cm³/mol. The van der Waals surface area contributed by atoms with Crippen LogP contribution in [0, 0.1) is 10.1 Å². The maximum absolute atomic E-state index is 12.5. The number of carbonyl (C=O) groups excluding carboxylic acids is 1. The first kappa shape index (κ1) is 17.2. The summed E-state index contributed by atoms with van der Waals surface area (Å²) in [5, 5.41) is 13.8. The zero-order valence-corrected chi connectivity index (χ0v) is 12.9. The summed E-state index contributed by atoms with van der Waals surface area (Å²) in [6.07, 6.45) is 3.61. The minimum atomic E-state index is -0.487. The molecule has 0 unspecified atom stereocenters. The summed E-state index contributed by atoms with van der Waals surface area (Å²) in [6.45, 7) is 6.77.